The number of rotatable bonds is 4. The van der Waals surface area contributed by atoms with E-state index in [9.17, 15) is 14.9 Å². The van der Waals surface area contributed by atoms with Gasteiger partial charge < -0.3 is 14.7 Å². The fourth-order valence-electron chi connectivity index (χ4n) is 4.68. The van der Waals surface area contributed by atoms with Gasteiger partial charge in [-0.05, 0) is 47.9 Å². The topological polar surface area (TPSA) is 69.9 Å². The number of benzene rings is 3. The minimum Gasteiger partial charge on any atom is -0.368 e. The Bertz CT molecular complexity index is 1170. The number of nitrogens with zero attached hydrogens (tertiary/aromatic N) is 4. The smallest absolute Gasteiger partial charge is 0.271 e. The molecule has 2 aliphatic rings. The van der Waals surface area contributed by atoms with Crippen molar-refractivity contribution in [3.63, 3.8) is 0 Å². The second kappa shape index (κ2) is 8.94. The van der Waals surface area contributed by atoms with E-state index in [0.717, 1.165) is 30.9 Å². The van der Waals surface area contributed by atoms with Crippen molar-refractivity contribution in [1.82, 2.24) is 4.90 Å². The van der Waals surface area contributed by atoms with Crippen LogP contribution in [0.15, 0.2) is 72.8 Å². The first-order valence-corrected chi connectivity index (χ1v) is 11.3. The van der Waals surface area contributed by atoms with Gasteiger partial charge in [-0.1, -0.05) is 30.3 Å². The van der Waals surface area contributed by atoms with E-state index >= 15 is 0 Å². The molecule has 0 aliphatic carbocycles. The van der Waals surface area contributed by atoms with E-state index in [-0.39, 0.29) is 16.5 Å². The third kappa shape index (κ3) is 4.39. The second-order valence-corrected chi connectivity index (χ2v) is 8.54. The summed E-state index contributed by atoms with van der Waals surface area (Å²) >= 11 is 0. The van der Waals surface area contributed by atoms with Crippen molar-refractivity contribution in [3.8, 4) is 0 Å². The molecule has 1 amide bonds. The maximum atomic E-state index is 13.0. The van der Waals surface area contributed by atoms with Gasteiger partial charge in [0, 0.05) is 68.3 Å². The van der Waals surface area contributed by atoms with Crippen LogP contribution in [-0.2, 0) is 13.0 Å². The highest BCUT2D eigenvalue weighted by Gasteiger charge is 2.23. The van der Waals surface area contributed by atoms with Crippen LogP contribution >= 0.6 is 0 Å². The molecular formula is C26H26N4O3. The highest BCUT2D eigenvalue weighted by atomic mass is 16.6. The lowest BCUT2D eigenvalue weighted by Gasteiger charge is -2.36. The third-order valence-corrected chi connectivity index (χ3v) is 6.58. The number of piperazine rings is 1. The molecule has 3 aromatic carbocycles. The predicted octanol–water partition coefficient (Wildman–Crippen LogP) is 4.12. The highest BCUT2D eigenvalue weighted by molar-refractivity contribution is 5.94. The molecule has 2 aliphatic heterocycles. The number of anilines is 2. The van der Waals surface area contributed by atoms with Gasteiger partial charge in [0.25, 0.3) is 11.6 Å². The Kier molecular flexibility index (Phi) is 5.69. The standard InChI is InChI=1S/C26H26N4O3/c31-26(28-16-14-27(15-17-28)24-6-3-7-25(18-24)30(32)33)21-8-10-23(11-9-21)29-13-12-20-4-1-2-5-22(20)19-29/h1-11,18H,12-17,19H2. The van der Waals surface area contributed by atoms with Crippen LogP contribution in [0.25, 0.3) is 0 Å². The van der Waals surface area contributed by atoms with E-state index < -0.39 is 0 Å². The largest absolute Gasteiger partial charge is 0.368 e. The number of amides is 1. The van der Waals surface area contributed by atoms with Gasteiger partial charge in [-0.3, -0.25) is 14.9 Å². The molecule has 0 spiro atoms. The van der Waals surface area contributed by atoms with Crippen molar-refractivity contribution < 1.29 is 9.72 Å². The first-order valence-electron chi connectivity index (χ1n) is 11.3. The monoisotopic (exact) mass is 442 g/mol. The van der Waals surface area contributed by atoms with Crippen LogP contribution in [0.2, 0.25) is 0 Å². The molecule has 0 atom stereocenters. The first kappa shape index (κ1) is 21.0. The molecular weight excluding hydrogens is 416 g/mol. The van der Waals surface area contributed by atoms with Crippen LogP contribution in [-0.4, -0.2) is 48.5 Å². The first-order chi connectivity index (χ1) is 16.1. The van der Waals surface area contributed by atoms with Gasteiger partial charge in [-0.2, -0.15) is 0 Å². The molecule has 0 unspecified atom stereocenters. The van der Waals surface area contributed by atoms with Crippen molar-refractivity contribution in [1.29, 1.82) is 0 Å². The van der Waals surface area contributed by atoms with E-state index in [1.165, 1.54) is 17.2 Å². The minimum absolute atomic E-state index is 0.0317. The van der Waals surface area contributed by atoms with E-state index in [1.54, 1.807) is 12.1 Å². The SMILES string of the molecule is O=C(c1ccc(N2CCc3ccccc3C2)cc1)N1CCN(c2cccc([N+](=O)[O-])c2)CC1. The predicted molar refractivity (Wildman–Crippen MR) is 129 cm³/mol. The van der Waals surface area contributed by atoms with Crippen LogP contribution < -0.4 is 9.80 Å². The fourth-order valence-corrected chi connectivity index (χ4v) is 4.68. The lowest BCUT2D eigenvalue weighted by atomic mass is 9.99. The molecule has 0 radical (unpaired) electrons. The van der Waals surface area contributed by atoms with Gasteiger partial charge in [-0.25, -0.2) is 0 Å². The Hall–Kier alpha value is -3.87. The Balaban J connectivity index is 1.20. The van der Waals surface area contributed by atoms with Crippen molar-refractivity contribution in [2.45, 2.75) is 13.0 Å². The Morgan fingerprint density at radius 3 is 2.21 bits per heavy atom. The Morgan fingerprint density at radius 1 is 0.758 bits per heavy atom. The third-order valence-electron chi connectivity index (χ3n) is 6.58. The average Bonchev–Trinajstić information content (AvgIpc) is 2.88. The average molecular weight is 443 g/mol. The van der Waals surface area contributed by atoms with Crippen LogP contribution in [0, 0.1) is 10.1 Å². The van der Waals surface area contributed by atoms with Crippen LogP contribution in [0.3, 0.4) is 0 Å². The maximum Gasteiger partial charge on any atom is 0.271 e. The molecule has 1 saturated heterocycles. The van der Waals surface area contributed by atoms with E-state index in [1.807, 2.05) is 35.2 Å². The summed E-state index contributed by atoms with van der Waals surface area (Å²) in [6.07, 6.45) is 1.03. The molecule has 0 aromatic heterocycles. The molecule has 33 heavy (non-hydrogen) atoms. The van der Waals surface area contributed by atoms with E-state index in [4.69, 9.17) is 0 Å². The van der Waals surface area contributed by atoms with Crippen molar-refractivity contribution in [2.75, 3.05) is 42.5 Å². The highest BCUT2D eigenvalue weighted by Crippen LogP contribution is 2.26. The van der Waals surface area contributed by atoms with Crippen molar-refractivity contribution in [3.05, 3.63) is 99.6 Å². The van der Waals surface area contributed by atoms with Gasteiger partial charge >= 0.3 is 0 Å². The van der Waals surface area contributed by atoms with Crippen LogP contribution in [0.5, 0.6) is 0 Å². The normalized spacial score (nSPS) is 15.8. The molecule has 168 valence electrons. The van der Waals surface area contributed by atoms with Crippen LogP contribution in [0.4, 0.5) is 17.1 Å². The zero-order valence-electron chi connectivity index (χ0n) is 18.4. The van der Waals surface area contributed by atoms with E-state index in [0.29, 0.717) is 31.7 Å². The molecule has 2 heterocycles. The molecule has 5 rings (SSSR count). The van der Waals surface area contributed by atoms with Gasteiger partial charge in [0.2, 0.25) is 0 Å². The number of carbonyl (C=O) groups is 1. The molecule has 3 aromatic rings. The molecule has 7 heteroatoms. The Morgan fingerprint density at radius 2 is 1.48 bits per heavy atom. The molecule has 1 fully saturated rings. The van der Waals surface area contributed by atoms with Crippen molar-refractivity contribution in [2.24, 2.45) is 0 Å². The molecule has 0 N–H and O–H groups in total. The number of non-ortho nitro benzene ring substituents is 1. The molecule has 0 bridgehead atoms. The lowest BCUT2D eigenvalue weighted by molar-refractivity contribution is -0.384. The fraction of sp³-hybridized carbons (Fsp3) is 0.269. The number of carbonyl (C=O) groups excluding carboxylic acids is 1. The van der Waals surface area contributed by atoms with E-state index in [2.05, 4.69) is 34.1 Å². The van der Waals surface area contributed by atoms with Gasteiger partial charge in [0.05, 0.1) is 4.92 Å². The van der Waals surface area contributed by atoms with Crippen LogP contribution in [0.1, 0.15) is 21.5 Å². The second-order valence-electron chi connectivity index (χ2n) is 8.54. The minimum atomic E-state index is -0.379. The summed E-state index contributed by atoms with van der Waals surface area (Å²) in [4.78, 5) is 30.0. The number of fused-ring (bicyclic) bond motifs is 1. The number of nitro groups is 1. The quantitative estimate of drug-likeness (QED) is 0.449. The lowest BCUT2D eigenvalue weighted by Crippen LogP contribution is -2.48. The zero-order valence-corrected chi connectivity index (χ0v) is 18.4. The number of hydrogen-bond donors (Lipinski definition) is 0. The summed E-state index contributed by atoms with van der Waals surface area (Å²) < 4.78 is 0. The summed E-state index contributed by atoms with van der Waals surface area (Å²) in [5, 5.41) is 11.0. The zero-order chi connectivity index (χ0) is 22.8. The van der Waals surface area contributed by atoms with Gasteiger partial charge in [-0.15, -0.1) is 0 Å². The molecule has 0 saturated carbocycles. The summed E-state index contributed by atoms with van der Waals surface area (Å²) in [6.45, 7) is 4.35. The molecule has 7 nitrogen and oxygen atoms in total. The van der Waals surface area contributed by atoms with Gasteiger partial charge in [0.1, 0.15) is 0 Å². The Labute approximate surface area is 193 Å². The van der Waals surface area contributed by atoms with Gasteiger partial charge in [0.15, 0.2) is 0 Å². The van der Waals surface area contributed by atoms with Crippen molar-refractivity contribution >= 4 is 23.0 Å². The summed E-state index contributed by atoms with van der Waals surface area (Å²) in [5.74, 6) is 0.0317. The summed E-state index contributed by atoms with van der Waals surface area (Å²) in [7, 11) is 0. The number of nitro benzene ring substituents is 1. The summed E-state index contributed by atoms with van der Waals surface area (Å²) in [6, 6.07) is 23.2. The summed E-state index contributed by atoms with van der Waals surface area (Å²) in [5.41, 5.74) is 5.53. The number of hydrogen-bond acceptors (Lipinski definition) is 5. The maximum absolute atomic E-state index is 13.0.